The van der Waals surface area contributed by atoms with Gasteiger partial charge in [-0.25, -0.2) is 9.07 Å². The van der Waals surface area contributed by atoms with Crippen LogP contribution < -0.4 is 10.6 Å². The molecule has 1 aliphatic heterocycles. The molecule has 2 atom stereocenters. The summed E-state index contributed by atoms with van der Waals surface area (Å²) in [6, 6.07) is 24.5. The fourth-order valence-electron chi connectivity index (χ4n) is 5.20. The number of hydrogen-bond donors (Lipinski definition) is 1. The molecular formula is C29H22FN5O2. The summed E-state index contributed by atoms with van der Waals surface area (Å²) in [4.78, 5) is 32.0. The van der Waals surface area contributed by atoms with Crippen LogP contribution in [0.4, 0.5) is 10.1 Å². The Bertz CT molecular complexity index is 1630. The van der Waals surface area contributed by atoms with E-state index in [1.165, 1.54) is 12.1 Å². The first-order valence-corrected chi connectivity index (χ1v) is 11.9. The maximum atomic E-state index is 13.5. The van der Waals surface area contributed by atoms with Gasteiger partial charge in [0, 0.05) is 29.6 Å². The largest absolute Gasteiger partial charge is 0.366 e. The lowest BCUT2D eigenvalue weighted by atomic mass is 9.88. The summed E-state index contributed by atoms with van der Waals surface area (Å²) in [5, 5.41) is 5.32. The Morgan fingerprint density at radius 2 is 1.70 bits per heavy atom. The predicted molar refractivity (Wildman–Crippen MR) is 138 cm³/mol. The van der Waals surface area contributed by atoms with Gasteiger partial charge in [0.15, 0.2) is 0 Å². The Hall–Kier alpha value is -4.85. The lowest BCUT2D eigenvalue weighted by Crippen LogP contribution is -2.29. The van der Waals surface area contributed by atoms with E-state index >= 15 is 0 Å². The van der Waals surface area contributed by atoms with Crippen LogP contribution in [0, 0.1) is 5.82 Å². The van der Waals surface area contributed by atoms with E-state index in [9.17, 15) is 14.0 Å². The number of benzene rings is 3. The lowest BCUT2D eigenvalue weighted by molar-refractivity contribution is -0.117. The number of fused-ring (bicyclic) bond motifs is 1. The normalized spacial score (nSPS) is 17.4. The van der Waals surface area contributed by atoms with E-state index in [-0.39, 0.29) is 30.1 Å². The molecule has 0 saturated carbocycles. The van der Waals surface area contributed by atoms with Crippen LogP contribution in [-0.2, 0) is 4.79 Å². The minimum Gasteiger partial charge on any atom is -0.366 e. The number of hydrogen-bond acceptors (Lipinski definition) is 4. The Kier molecular flexibility index (Phi) is 5.49. The Morgan fingerprint density at radius 3 is 2.46 bits per heavy atom. The highest BCUT2D eigenvalue weighted by atomic mass is 19.1. The van der Waals surface area contributed by atoms with Crippen molar-refractivity contribution in [2.45, 2.75) is 18.4 Å². The summed E-state index contributed by atoms with van der Waals surface area (Å²) in [6.45, 7) is 0. The van der Waals surface area contributed by atoms with Gasteiger partial charge < -0.3 is 10.6 Å². The number of carbonyl (C=O) groups is 2. The number of pyridine rings is 1. The fourth-order valence-corrected chi connectivity index (χ4v) is 5.20. The van der Waals surface area contributed by atoms with Crippen molar-refractivity contribution in [3.8, 4) is 5.69 Å². The molecule has 2 amide bonds. The maximum Gasteiger partial charge on any atom is 0.250 e. The van der Waals surface area contributed by atoms with E-state index in [2.05, 4.69) is 10.1 Å². The van der Waals surface area contributed by atoms with E-state index in [4.69, 9.17) is 5.73 Å². The number of anilines is 1. The molecule has 0 bridgehead atoms. The summed E-state index contributed by atoms with van der Waals surface area (Å²) < 4.78 is 15.1. The highest BCUT2D eigenvalue weighted by molar-refractivity contribution is 6.00. The number of aromatic nitrogens is 3. The molecule has 182 valence electrons. The number of primary amides is 1. The smallest absolute Gasteiger partial charge is 0.250 e. The average molecular weight is 492 g/mol. The number of halogens is 1. The van der Waals surface area contributed by atoms with Crippen molar-refractivity contribution in [2.75, 3.05) is 4.90 Å². The van der Waals surface area contributed by atoms with Gasteiger partial charge in [-0.2, -0.15) is 5.10 Å². The van der Waals surface area contributed by atoms with Gasteiger partial charge in [-0.15, -0.1) is 0 Å². The van der Waals surface area contributed by atoms with Crippen LogP contribution in [0.25, 0.3) is 16.6 Å². The summed E-state index contributed by atoms with van der Waals surface area (Å²) in [5.74, 6) is -1.33. The van der Waals surface area contributed by atoms with Crippen LogP contribution in [-0.4, -0.2) is 26.6 Å². The zero-order valence-electron chi connectivity index (χ0n) is 19.7. The molecule has 2 aromatic heterocycles. The molecule has 0 spiro atoms. The zero-order valence-corrected chi connectivity index (χ0v) is 19.7. The van der Waals surface area contributed by atoms with Crippen molar-refractivity contribution in [1.82, 2.24) is 14.8 Å². The quantitative estimate of drug-likeness (QED) is 0.378. The molecule has 1 aliphatic rings. The van der Waals surface area contributed by atoms with Crippen molar-refractivity contribution in [3.05, 3.63) is 120 Å². The molecule has 5 aromatic rings. The Morgan fingerprint density at radius 1 is 0.946 bits per heavy atom. The fraction of sp³-hybridized carbons (Fsp3) is 0.103. The van der Waals surface area contributed by atoms with Crippen LogP contribution >= 0.6 is 0 Å². The van der Waals surface area contributed by atoms with Crippen molar-refractivity contribution < 1.29 is 14.0 Å². The predicted octanol–water partition coefficient (Wildman–Crippen LogP) is 4.92. The van der Waals surface area contributed by atoms with E-state index in [0.717, 1.165) is 22.2 Å². The van der Waals surface area contributed by atoms with Crippen LogP contribution in [0.3, 0.4) is 0 Å². The van der Waals surface area contributed by atoms with E-state index in [1.54, 1.807) is 46.2 Å². The maximum absolute atomic E-state index is 13.5. The third-order valence-corrected chi connectivity index (χ3v) is 6.82. The first kappa shape index (κ1) is 22.6. The van der Waals surface area contributed by atoms with E-state index in [0.29, 0.717) is 16.9 Å². The molecule has 7 nitrogen and oxygen atoms in total. The standard InChI is InChI=1S/C29H22FN5O2/c30-20-8-10-21(11-9-20)35-25-13-12-22(15-19(25)17-33-35)34-26(36)16-24(28(34)18-5-2-1-3-6-18)27-23(29(31)37)7-4-14-32-27/h1-15,17,24,28H,16H2,(H2,31,37)/t24-,28+/m1/s1. The second kappa shape index (κ2) is 8.98. The van der Waals surface area contributed by atoms with Crippen LogP contribution in [0.5, 0.6) is 0 Å². The van der Waals surface area contributed by atoms with Crippen LogP contribution in [0.15, 0.2) is 97.3 Å². The molecular weight excluding hydrogens is 469 g/mol. The second-order valence-electron chi connectivity index (χ2n) is 9.01. The molecule has 37 heavy (non-hydrogen) atoms. The number of amides is 2. The minimum atomic E-state index is -0.574. The van der Waals surface area contributed by atoms with Gasteiger partial charge in [-0.3, -0.25) is 14.6 Å². The van der Waals surface area contributed by atoms with Crippen LogP contribution in [0.2, 0.25) is 0 Å². The Labute approximate surface area is 212 Å². The number of nitrogens with zero attached hydrogens (tertiary/aromatic N) is 4. The van der Waals surface area contributed by atoms with Gasteiger partial charge in [0.1, 0.15) is 5.82 Å². The summed E-state index contributed by atoms with van der Waals surface area (Å²) in [7, 11) is 0. The number of carbonyl (C=O) groups excluding carboxylic acids is 2. The molecule has 1 fully saturated rings. The molecule has 2 N–H and O–H groups in total. The monoisotopic (exact) mass is 491 g/mol. The van der Waals surface area contributed by atoms with Gasteiger partial charge >= 0.3 is 0 Å². The van der Waals surface area contributed by atoms with Crippen molar-refractivity contribution in [1.29, 1.82) is 0 Å². The van der Waals surface area contributed by atoms with E-state index in [1.807, 2.05) is 48.5 Å². The molecule has 0 unspecified atom stereocenters. The van der Waals surface area contributed by atoms with Gasteiger partial charge in [0.25, 0.3) is 5.91 Å². The molecule has 6 rings (SSSR count). The molecule has 3 heterocycles. The van der Waals surface area contributed by atoms with Crippen LogP contribution in [0.1, 0.15) is 40.0 Å². The highest BCUT2D eigenvalue weighted by Crippen LogP contribution is 2.47. The van der Waals surface area contributed by atoms with Gasteiger partial charge in [0.2, 0.25) is 5.91 Å². The van der Waals surface area contributed by atoms with Crippen molar-refractivity contribution >= 4 is 28.4 Å². The Balaban J connectivity index is 1.45. The van der Waals surface area contributed by atoms with E-state index < -0.39 is 5.91 Å². The first-order chi connectivity index (χ1) is 18.0. The first-order valence-electron chi connectivity index (χ1n) is 11.9. The third-order valence-electron chi connectivity index (χ3n) is 6.82. The molecule has 8 heteroatoms. The number of nitrogens with two attached hydrogens (primary N) is 1. The SMILES string of the molecule is NC(=O)c1cccnc1[C@H]1CC(=O)N(c2ccc3c(cnn3-c3ccc(F)cc3)c2)[C@H]1c1ccccc1. The summed E-state index contributed by atoms with van der Waals surface area (Å²) in [5.41, 5.74) is 9.70. The zero-order chi connectivity index (χ0) is 25.5. The molecule has 0 radical (unpaired) electrons. The number of rotatable bonds is 5. The van der Waals surface area contributed by atoms with Crippen molar-refractivity contribution in [2.24, 2.45) is 5.73 Å². The highest BCUT2D eigenvalue weighted by Gasteiger charge is 2.44. The molecule has 1 saturated heterocycles. The van der Waals surface area contributed by atoms with Gasteiger partial charge in [0.05, 0.1) is 34.7 Å². The second-order valence-corrected chi connectivity index (χ2v) is 9.01. The van der Waals surface area contributed by atoms with Crippen molar-refractivity contribution in [3.63, 3.8) is 0 Å². The van der Waals surface area contributed by atoms with Gasteiger partial charge in [-0.05, 0) is 60.2 Å². The minimum absolute atomic E-state index is 0.0785. The molecule has 0 aliphatic carbocycles. The topological polar surface area (TPSA) is 94.1 Å². The lowest BCUT2D eigenvalue weighted by Gasteiger charge is -2.29. The summed E-state index contributed by atoms with van der Waals surface area (Å²) >= 11 is 0. The third kappa shape index (κ3) is 3.92. The average Bonchev–Trinajstić information content (AvgIpc) is 3.50. The van der Waals surface area contributed by atoms with Gasteiger partial charge in [-0.1, -0.05) is 30.3 Å². The molecule has 3 aromatic carbocycles. The summed E-state index contributed by atoms with van der Waals surface area (Å²) in [6.07, 6.45) is 3.53.